The summed E-state index contributed by atoms with van der Waals surface area (Å²) in [5.74, 6) is -1.52. The lowest BCUT2D eigenvalue weighted by Crippen LogP contribution is -2.31. The molecule has 0 unspecified atom stereocenters. The summed E-state index contributed by atoms with van der Waals surface area (Å²) in [6.07, 6.45) is 0. The highest BCUT2D eigenvalue weighted by molar-refractivity contribution is 6.35. The Kier molecular flexibility index (Phi) is 6.59. The molecule has 27 heavy (non-hydrogen) atoms. The number of ether oxygens (including phenoxy) is 1. The largest absolute Gasteiger partial charge is 0.452 e. The molecule has 1 atom stereocenters. The number of halogens is 2. The fraction of sp³-hybridized carbons (Fsp3) is 0.176. The van der Waals surface area contributed by atoms with Crippen molar-refractivity contribution in [1.82, 2.24) is 5.32 Å². The van der Waals surface area contributed by atoms with E-state index in [1.165, 1.54) is 6.07 Å². The number of anilines is 1. The first kappa shape index (κ1) is 20.5. The topological polar surface area (TPSA) is 125 Å². The number of benzene rings is 2. The number of rotatable bonds is 6. The van der Waals surface area contributed by atoms with E-state index in [2.05, 4.69) is 5.32 Å². The zero-order valence-corrected chi connectivity index (χ0v) is 15.6. The number of non-ortho nitro benzene ring substituents is 1. The number of esters is 1. The van der Waals surface area contributed by atoms with Crippen molar-refractivity contribution in [3.05, 3.63) is 67.7 Å². The molecule has 0 fully saturated rings. The predicted octanol–water partition coefficient (Wildman–Crippen LogP) is 3.52. The van der Waals surface area contributed by atoms with Crippen molar-refractivity contribution in [1.29, 1.82) is 0 Å². The minimum absolute atomic E-state index is 0.00678. The van der Waals surface area contributed by atoms with E-state index >= 15 is 0 Å². The summed E-state index contributed by atoms with van der Waals surface area (Å²) < 4.78 is 4.88. The molecule has 0 aliphatic heterocycles. The Morgan fingerprint density at radius 1 is 1.26 bits per heavy atom. The van der Waals surface area contributed by atoms with E-state index in [-0.39, 0.29) is 16.9 Å². The van der Waals surface area contributed by atoms with Crippen molar-refractivity contribution in [2.75, 3.05) is 12.3 Å². The summed E-state index contributed by atoms with van der Waals surface area (Å²) in [5, 5.41) is 14.3. The Balaban J connectivity index is 1.98. The molecular formula is C17H15Cl2N3O5. The van der Waals surface area contributed by atoms with Crippen molar-refractivity contribution in [2.24, 2.45) is 0 Å². The molecule has 2 aromatic rings. The molecule has 0 saturated carbocycles. The van der Waals surface area contributed by atoms with Crippen LogP contribution in [-0.2, 0) is 9.53 Å². The van der Waals surface area contributed by atoms with E-state index in [4.69, 9.17) is 33.7 Å². The number of carbonyl (C=O) groups excluding carboxylic acids is 2. The molecule has 10 heteroatoms. The number of nitro benzene ring substituents is 1. The lowest BCUT2D eigenvalue weighted by molar-refractivity contribution is -0.384. The van der Waals surface area contributed by atoms with Crippen LogP contribution in [0.3, 0.4) is 0 Å². The van der Waals surface area contributed by atoms with Gasteiger partial charge in [0.15, 0.2) is 6.61 Å². The Bertz CT molecular complexity index is 904. The molecule has 3 N–H and O–H groups in total. The van der Waals surface area contributed by atoms with Crippen LogP contribution >= 0.6 is 23.2 Å². The second-order valence-electron chi connectivity index (χ2n) is 5.56. The van der Waals surface area contributed by atoms with Gasteiger partial charge in [-0.15, -0.1) is 0 Å². The molecule has 8 nitrogen and oxygen atoms in total. The van der Waals surface area contributed by atoms with Crippen LogP contribution in [0, 0.1) is 10.1 Å². The highest BCUT2D eigenvalue weighted by atomic mass is 35.5. The number of nitrogens with one attached hydrogen (secondary N) is 1. The maximum atomic E-state index is 12.1. The van der Waals surface area contributed by atoms with E-state index < -0.39 is 29.4 Å². The zero-order chi connectivity index (χ0) is 20.1. The summed E-state index contributed by atoms with van der Waals surface area (Å²) in [6, 6.07) is 7.78. The second-order valence-corrected chi connectivity index (χ2v) is 6.40. The second kappa shape index (κ2) is 8.70. The minimum Gasteiger partial charge on any atom is -0.452 e. The first-order chi connectivity index (χ1) is 12.7. The number of nitrogens with two attached hydrogens (primary N) is 1. The highest BCUT2D eigenvalue weighted by Crippen LogP contribution is 2.26. The Hall–Kier alpha value is -2.84. The van der Waals surface area contributed by atoms with Gasteiger partial charge in [0.05, 0.1) is 16.5 Å². The average molecular weight is 412 g/mol. The van der Waals surface area contributed by atoms with E-state index in [9.17, 15) is 19.7 Å². The number of nitrogen functional groups attached to an aromatic ring is 1. The van der Waals surface area contributed by atoms with Gasteiger partial charge >= 0.3 is 5.97 Å². The lowest BCUT2D eigenvalue weighted by atomic mass is 10.1. The van der Waals surface area contributed by atoms with Gasteiger partial charge < -0.3 is 15.8 Å². The number of nitro groups is 1. The molecule has 0 spiro atoms. The van der Waals surface area contributed by atoms with Gasteiger partial charge in [-0.2, -0.15) is 0 Å². The Morgan fingerprint density at radius 2 is 1.96 bits per heavy atom. The summed E-state index contributed by atoms with van der Waals surface area (Å²) in [5.41, 5.74) is 5.78. The third kappa shape index (κ3) is 5.32. The first-order valence-electron chi connectivity index (χ1n) is 7.64. The Morgan fingerprint density at radius 3 is 2.59 bits per heavy atom. The SMILES string of the molecule is C[C@H](NC(=O)COC(=O)c1cc([N+](=O)[O-])ccc1N)c1ccc(Cl)cc1Cl. The van der Waals surface area contributed by atoms with Crippen LogP contribution < -0.4 is 11.1 Å². The van der Waals surface area contributed by atoms with Crippen molar-refractivity contribution in [2.45, 2.75) is 13.0 Å². The fourth-order valence-electron chi connectivity index (χ4n) is 2.26. The molecule has 142 valence electrons. The molecule has 0 aromatic heterocycles. The van der Waals surface area contributed by atoms with Crippen molar-refractivity contribution in [3.63, 3.8) is 0 Å². The van der Waals surface area contributed by atoms with Gasteiger partial charge in [0, 0.05) is 27.9 Å². The van der Waals surface area contributed by atoms with Gasteiger partial charge in [-0.05, 0) is 30.7 Å². The number of nitrogens with zero attached hydrogens (tertiary/aromatic N) is 1. The maximum Gasteiger partial charge on any atom is 0.341 e. The minimum atomic E-state index is -0.941. The van der Waals surface area contributed by atoms with Gasteiger partial charge in [-0.25, -0.2) is 4.79 Å². The first-order valence-corrected chi connectivity index (χ1v) is 8.40. The standard InChI is InChI=1S/C17H15Cl2N3O5/c1-9(12-4-2-10(18)6-14(12)19)21-16(23)8-27-17(24)13-7-11(22(25)26)3-5-15(13)20/h2-7,9H,8,20H2,1H3,(H,21,23)/t9-/m0/s1. The lowest BCUT2D eigenvalue weighted by Gasteiger charge is -2.16. The molecule has 0 aliphatic rings. The normalized spacial score (nSPS) is 11.5. The van der Waals surface area contributed by atoms with E-state index in [0.29, 0.717) is 15.6 Å². The molecular weight excluding hydrogens is 397 g/mol. The molecule has 0 heterocycles. The molecule has 1 amide bonds. The number of hydrogen-bond acceptors (Lipinski definition) is 6. The van der Waals surface area contributed by atoms with Crippen LogP contribution in [0.2, 0.25) is 10.0 Å². The Labute approximate surface area is 164 Å². The third-order valence-electron chi connectivity index (χ3n) is 3.61. The van der Waals surface area contributed by atoms with Gasteiger partial charge in [-0.3, -0.25) is 14.9 Å². The van der Waals surface area contributed by atoms with Gasteiger partial charge in [0.2, 0.25) is 0 Å². The van der Waals surface area contributed by atoms with Crippen LogP contribution in [0.1, 0.15) is 28.9 Å². The van der Waals surface area contributed by atoms with E-state index in [1.807, 2.05) is 0 Å². The molecule has 0 saturated heterocycles. The highest BCUT2D eigenvalue weighted by Gasteiger charge is 2.19. The number of hydrogen-bond donors (Lipinski definition) is 2. The summed E-state index contributed by atoms with van der Waals surface area (Å²) in [6.45, 7) is 1.11. The summed E-state index contributed by atoms with van der Waals surface area (Å²) in [7, 11) is 0. The van der Waals surface area contributed by atoms with Crippen LogP contribution in [0.4, 0.5) is 11.4 Å². The predicted molar refractivity (Wildman–Crippen MR) is 101 cm³/mol. The smallest absolute Gasteiger partial charge is 0.341 e. The number of amides is 1. The fourth-order valence-corrected chi connectivity index (χ4v) is 2.83. The van der Waals surface area contributed by atoms with Crippen molar-refractivity contribution in [3.8, 4) is 0 Å². The molecule has 0 bridgehead atoms. The number of carbonyl (C=O) groups is 2. The monoisotopic (exact) mass is 411 g/mol. The zero-order valence-electron chi connectivity index (χ0n) is 14.1. The van der Waals surface area contributed by atoms with Gasteiger partial charge in [-0.1, -0.05) is 29.3 Å². The maximum absolute atomic E-state index is 12.1. The van der Waals surface area contributed by atoms with Gasteiger partial charge in [0.25, 0.3) is 11.6 Å². The molecule has 2 aromatic carbocycles. The third-order valence-corrected chi connectivity index (χ3v) is 4.17. The van der Waals surface area contributed by atoms with E-state index in [1.54, 1.807) is 25.1 Å². The van der Waals surface area contributed by atoms with Crippen molar-refractivity contribution >= 4 is 46.5 Å². The van der Waals surface area contributed by atoms with Crippen molar-refractivity contribution < 1.29 is 19.2 Å². The van der Waals surface area contributed by atoms with Crippen LogP contribution in [0.15, 0.2) is 36.4 Å². The van der Waals surface area contributed by atoms with Crippen LogP contribution in [0.5, 0.6) is 0 Å². The average Bonchev–Trinajstić information content (AvgIpc) is 2.59. The van der Waals surface area contributed by atoms with Crippen LogP contribution in [-0.4, -0.2) is 23.4 Å². The molecule has 0 radical (unpaired) electrons. The quantitative estimate of drug-likeness (QED) is 0.324. The molecule has 2 rings (SSSR count). The molecule has 0 aliphatic carbocycles. The van der Waals surface area contributed by atoms with E-state index in [0.717, 1.165) is 12.1 Å². The summed E-state index contributed by atoms with van der Waals surface area (Å²) >= 11 is 11.9. The van der Waals surface area contributed by atoms with Gasteiger partial charge in [0.1, 0.15) is 0 Å². The van der Waals surface area contributed by atoms with Crippen LogP contribution in [0.25, 0.3) is 0 Å². The summed E-state index contributed by atoms with van der Waals surface area (Å²) in [4.78, 5) is 34.2.